The molecule has 4 rings (SSSR count). The summed E-state index contributed by atoms with van der Waals surface area (Å²) >= 11 is 0. The van der Waals surface area contributed by atoms with E-state index in [2.05, 4.69) is 26.6 Å². The molecule has 2 aliphatic rings. The van der Waals surface area contributed by atoms with E-state index in [-0.39, 0.29) is 17.9 Å². The molecule has 1 saturated heterocycles. The van der Waals surface area contributed by atoms with Gasteiger partial charge in [0, 0.05) is 19.6 Å². The predicted molar refractivity (Wildman–Crippen MR) is 97.6 cm³/mol. The molecule has 8 heteroatoms. The molecule has 27 heavy (non-hydrogen) atoms. The summed E-state index contributed by atoms with van der Waals surface area (Å²) in [4.78, 5) is 17.4. The van der Waals surface area contributed by atoms with Crippen LogP contribution in [0.25, 0.3) is 0 Å². The first-order valence-corrected chi connectivity index (χ1v) is 9.61. The molecule has 0 radical (unpaired) electrons. The van der Waals surface area contributed by atoms with Gasteiger partial charge in [0.25, 0.3) is 0 Å². The molecule has 2 aliphatic heterocycles. The number of hydrogen-bond donors (Lipinski definition) is 0. The van der Waals surface area contributed by atoms with E-state index in [0.29, 0.717) is 19.7 Å². The molecule has 0 bridgehead atoms. The number of likely N-dealkylation sites (tertiary alicyclic amines) is 1. The van der Waals surface area contributed by atoms with Gasteiger partial charge >= 0.3 is 0 Å². The maximum absolute atomic E-state index is 13.1. The third-order valence-electron chi connectivity index (χ3n) is 5.58. The Kier molecular flexibility index (Phi) is 5.27. The normalized spacial score (nSPS) is 21.4. The van der Waals surface area contributed by atoms with E-state index in [1.807, 2.05) is 17.0 Å². The minimum Gasteiger partial charge on any atom is -0.468 e. The van der Waals surface area contributed by atoms with Crippen LogP contribution in [0, 0.1) is 5.92 Å². The summed E-state index contributed by atoms with van der Waals surface area (Å²) in [6.07, 6.45) is 3.50. The summed E-state index contributed by atoms with van der Waals surface area (Å²) < 4.78 is 12.7. The van der Waals surface area contributed by atoms with E-state index in [1.165, 1.54) is 0 Å². The van der Waals surface area contributed by atoms with Crippen molar-refractivity contribution >= 4 is 5.91 Å². The van der Waals surface area contributed by atoms with Crippen molar-refractivity contribution in [2.24, 2.45) is 5.92 Å². The van der Waals surface area contributed by atoms with Gasteiger partial charge in [-0.1, -0.05) is 0 Å². The lowest BCUT2D eigenvalue weighted by molar-refractivity contribution is -0.139. The van der Waals surface area contributed by atoms with Crippen LogP contribution in [0.3, 0.4) is 0 Å². The fourth-order valence-electron chi connectivity index (χ4n) is 4.23. The molecule has 2 aromatic rings. The molecule has 8 nitrogen and oxygen atoms in total. The lowest BCUT2D eigenvalue weighted by Crippen LogP contribution is -2.46. The highest BCUT2D eigenvalue weighted by Crippen LogP contribution is 2.27. The summed E-state index contributed by atoms with van der Waals surface area (Å²) in [5.41, 5.74) is 0. The van der Waals surface area contributed by atoms with Crippen LogP contribution in [0.4, 0.5) is 0 Å². The van der Waals surface area contributed by atoms with E-state index in [9.17, 15) is 4.79 Å². The molecule has 1 fully saturated rings. The second-order valence-corrected chi connectivity index (χ2v) is 7.53. The summed E-state index contributed by atoms with van der Waals surface area (Å²) in [5, 5.41) is 8.50. The SMILES string of the molecule is COCc1nnc2n1[C@@H](C)CN(C(=O)C1CCN(Cc3ccco3)CC1)C2. The second kappa shape index (κ2) is 7.82. The number of methoxy groups -OCH3 is 1. The summed E-state index contributed by atoms with van der Waals surface area (Å²) in [6, 6.07) is 4.08. The molecular weight excluding hydrogens is 346 g/mol. The predicted octanol–water partition coefficient (Wildman–Crippen LogP) is 1.83. The molecule has 0 spiro atoms. The zero-order valence-electron chi connectivity index (χ0n) is 16.0. The Labute approximate surface area is 159 Å². The highest BCUT2D eigenvalue weighted by molar-refractivity contribution is 5.79. The fraction of sp³-hybridized carbons (Fsp3) is 0.632. The van der Waals surface area contributed by atoms with E-state index < -0.39 is 0 Å². The molecule has 2 aromatic heterocycles. The van der Waals surface area contributed by atoms with Gasteiger partial charge in [-0.3, -0.25) is 9.69 Å². The highest BCUT2D eigenvalue weighted by Gasteiger charge is 2.34. The quantitative estimate of drug-likeness (QED) is 0.796. The molecule has 146 valence electrons. The van der Waals surface area contributed by atoms with Crippen LogP contribution in [0.15, 0.2) is 22.8 Å². The van der Waals surface area contributed by atoms with Crippen molar-refractivity contribution in [3.8, 4) is 0 Å². The lowest BCUT2D eigenvalue weighted by atomic mass is 9.94. The van der Waals surface area contributed by atoms with Gasteiger partial charge in [-0.25, -0.2) is 0 Å². The molecule has 4 heterocycles. The summed E-state index contributed by atoms with van der Waals surface area (Å²) in [6.45, 7) is 6.46. The first kappa shape index (κ1) is 18.2. The van der Waals surface area contributed by atoms with E-state index in [4.69, 9.17) is 9.15 Å². The van der Waals surface area contributed by atoms with Crippen LogP contribution in [0.2, 0.25) is 0 Å². The molecule has 1 amide bonds. The van der Waals surface area contributed by atoms with Crippen molar-refractivity contribution < 1.29 is 13.9 Å². The zero-order chi connectivity index (χ0) is 18.8. The van der Waals surface area contributed by atoms with Gasteiger partial charge in [0.2, 0.25) is 5.91 Å². The van der Waals surface area contributed by atoms with Crippen LogP contribution < -0.4 is 0 Å². The first-order valence-electron chi connectivity index (χ1n) is 9.61. The highest BCUT2D eigenvalue weighted by atomic mass is 16.5. The number of nitrogens with zero attached hydrogens (tertiary/aromatic N) is 5. The topological polar surface area (TPSA) is 76.6 Å². The third-order valence-corrected chi connectivity index (χ3v) is 5.58. The van der Waals surface area contributed by atoms with Crippen LogP contribution in [-0.4, -0.2) is 57.2 Å². The Bertz CT molecular complexity index is 764. The van der Waals surface area contributed by atoms with Crippen LogP contribution in [-0.2, 0) is 29.2 Å². The molecule has 0 saturated carbocycles. The van der Waals surface area contributed by atoms with Gasteiger partial charge < -0.3 is 18.6 Å². The number of rotatable bonds is 5. The van der Waals surface area contributed by atoms with Gasteiger partial charge in [-0.2, -0.15) is 0 Å². The lowest BCUT2D eigenvalue weighted by Gasteiger charge is -2.37. The number of aromatic nitrogens is 3. The Morgan fingerprint density at radius 2 is 2.15 bits per heavy atom. The number of amides is 1. The first-order chi connectivity index (χ1) is 13.2. The maximum Gasteiger partial charge on any atom is 0.226 e. The average molecular weight is 373 g/mol. The van der Waals surface area contributed by atoms with Gasteiger partial charge in [-0.15, -0.1) is 10.2 Å². The average Bonchev–Trinajstić information content (AvgIpc) is 3.32. The Hall–Kier alpha value is -2.19. The van der Waals surface area contributed by atoms with Crippen LogP contribution in [0.1, 0.15) is 43.2 Å². The number of carbonyl (C=O) groups is 1. The fourth-order valence-corrected chi connectivity index (χ4v) is 4.23. The molecule has 0 aliphatic carbocycles. The standard InChI is InChI=1S/C19H27N5O3/c1-14-10-23(12-17-20-21-18(13-26-2)24(14)17)19(25)15-5-7-22(8-6-15)11-16-4-3-9-27-16/h3-4,9,14-15H,5-8,10-13H2,1-2H3/t14-/m0/s1. The monoisotopic (exact) mass is 373 g/mol. The molecule has 0 aromatic carbocycles. The Balaban J connectivity index is 1.35. The second-order valence-electron chi connectivity index (χ2n) is 7.53. The van der Waals surface area contributed by atoms with E-state index in [1.54, 1.807) is 13.4 Å². The van der Waals surface area contributed by atoms with Gasteiger partial charge in [0.15, 0.2) is 11.6 Å². The van der Waals surface area contributed by atoms with Crippen LogP contribution >= 0.6 is 0 Å². The third kappa shape index (κ3) is 3.77. The number of furan rings is 1. The smallest absolute Gasteiger partial charge is 0.226 e. The van der Waals surface area contributed by atoms with Gasteiger partial charge in [0.1, 0.15) is 12.4 Å². The van der Waals surface area contributed by atoms with Crippen molar-refractivity contribution in [1.29, 1.82) is 0 Å². The molecular formula is C19H27N5O3. The summed E-state index contributed by atoms with van der Waals surface area (Å²) in [7, 11) is 1.66. The number of fused-ring (bicyclic) bond motifs is 1. The van der Waals surface area contributed by atoms with Crippen molar-refractivity contribution in [3.63, 3.8) is 0 Å². The minimum absolute atomic E-state index is 0.0953. The van der Waals surface area contributed by atoms with E-state index >= 15 is 0 Å². The van der Waals surface area contributed by atoms with E-state index in [0.717, 1.165) is 49.9 Å². The van der Waals surface area contributed by atoms with Crippen molar-refractivity contribution in [1.82, 2.24) is 24.6 Å². The molecule has 1 atom stereocenters. The van der Waals surface area contributed by atoms with Crippen LogP contribution in [0.5, 0.6) is 0 Å². The summed E-state index contributed by atoms with van der Waals surface area (Å²) in [5.74, 6) is 3.01. The molecule has 0 N–H and O–H groups in total. The van der Waals surface area contributed by atoms with Crippen molar-refractivity contribution in [2.45, 2.75) is 45.5 Å². The zero-order valence-corrected chi connectivity index (χ0v) is 16.0. The maximum atomic E-state index is 13.1. The molecule has 0 unspecified atom stereocenters. The largest absolute Gasteiger partial charge is 0.468 e. The number of piperidine rings is 1. The van der Waals surface area contributed by atoms with Crippen molar-refractivity contribution in [3.05, 3.63) is 35.8 Å². The van der Waals surface area contributed by atoms with Crippen molar-refractivity contribution in [2.75, 3.05) is 26.7 Å². The number of ether oxygens (including phenoxy) is 1. The number of carbonyl (C=O) groups excluding carboxylic acids is 1. The van der Waals surface area contributed by atoms with Gasteiger partial charge in [-0.05, 0) is 45.0 Å². The number of hydrogen-bond acceptors (Lipinski definition) is 6. The minimum atomic E-state index is 0.0953. The Morgan fingerprint density at radius 3 is 2.85 bits per heavy atom. The van der Waals surface area contributed by atoms with Gasteiger partial charge in [0.05, 0.1) is 25.4 Å². The Morgan fingerprint density at radius 1 is 1.33 bits per heavy atom.